The van der Waals surface area contributed by atoms with Gasteiger partial charge in [-0.15, -0.1) is 0 Å². The van der Waals surface area contributed by atoms with Gasteiger partial charge in [0.2, 0.25) is 11.8 Å². The number of benzene rings is 1. The smallest absolute Gasteiger partial charge is 0.241 e. The van der Waals surface area contributed by atoms with Crippen LogP contribution in [0, 0.1) is 6.92 Å². The minimum Gasteiger partial charge on any atom is -0.354 e. The number of likely N-dealkylation sites (N-methyl/N-ethyl adjacent to an activating group) is 1. The number of aromatic nitrogens is 1. The molecule has 2 N–H and O–H groups in total. The largest absolute Gasteiger partial charge is 0.354 e. The average Bonchev–Trinajstić information content (AvgIpc) is 2.62. The van der Waals surface area contributed by atoms with E-state index in [1.54, 1.807) is 6.07 Å². The number of nitrogens with one attached hydrogen (secondary N) is 2. The molecule has 0 aliphatic heterocycles. The summed E-state index contributed by atoms with van der Waals surface area (Å²) >= 11 is 0. The Morgan fingerprint density at radius 2 is 1.85 bits per heavy atom. The zero-order chi connectivity index (χ0) is 18.9. The fraction of sp³-hybridized carbons (Fsp3) is 0.350. The number of amides is 2. The van der Waals surface area contributed by atoms with Gasteiger partial charge in [-0.05, 0) is 38.2 Å². The molecule has 2 aromatic rings. The third kappa shape index (κ3) is 5.67. The first-order chi connectivity index (χ1) is 12.5. The van der Waals surface area contributed by atoms with E-state index < -0.39 is 0 Å². The molecule has 2 rings (SSSR count). The quantitative estimate of drug-likeness (QED) is 0.764. The van der Waals surface area contributed by atoms with E-state index in [1.807, 2.05) is 68.3 Å². The van der Waals surface area contributed by atoms with Crippen LogP contribution in [0.1, 0.15) is 30.6 Å². The highest BCUT2D eigenvalue weighted by atomic mass is 16.2. The van der Waals surface area contributed by atoms with Crippen LogP contribution in [0.25, 0.3) is 0 Å². The maximum atomic E-state index is 12.6. The van der Waals surface area contributed by atoms with Crippen molar-refractivity contribution in [3.8, 4) is 0 Å². The fourth-order valence-electron chi connectivity index (χ4n) is 2.64. The molecule has 26 heavy (non-hydrogen) atoms. The molecule has 0 fully saturated rings. The van der Waals surface area contributed by atoms with Crippen LogP contribution < -0.4 is 10.6 Å². The van der Waals surface area contributed by atoms with Crippen molar-refractivity contribution >= 4 is 17.6 Å². The molecule has 138 valence electrons. The van der Waals surface area contributed by atoms with Crippen molar-refractivity contribution in [1.29, 1.82) is 0 Å². The third-order valence-electron chi connectivity index (χ3n) is 4.11. The molecule has 0 saturated carbocycles. The second-order valence-corrected chi connectivity index (χ2v) is 6.14. The zero-order valence-electron chi connectivity index (χ0n) is 15.5. The van der Waals surface area contributed by atoms with E-state index in [2.05, 4.69) is 15.6 Å². The van der Waals surface area contributed by atoms with Crippen molar-refractivity contribution in [2.24, 2.45) is 0 Å². The number of hydrogen-bond donors (Lipinski definition) is 2. The predicted octanol–water partition coefficient (Wildman–Crippen LogP) is 2.53. The van der Waals surface area contributed by atoms with Gasteiger partial charge < -0.3 is 10.6 Å². The van der Waals surface area contributed by atoms with Crippen molar-refractivity contribution in [2.75, 3.05) is 25.5 Å². The molecule has 0 radical (unpaired) electrons. The Kier molecular flexibility index (Phi) is 7.29. The van der Waals surface area contributed by atoms with Gasteiger partial charge in [-0.25, -0.2) is 4.98 Å². The number of hydrogen-bond acceptors (Lipinski definition) is 4. The van der Waals surface area contributed by atoms with Crippen LogP contribution in [0.3, 0.4) is 0 Å². The SMILES string of the molecule is CCN(C)[C@@H](C(=O)NCCC(=O)Nc1cccc(C)n1)c1ccccc1. The Balaban J connectivity index is 1.88. The third-order valence-corrected chi connectivity index (χ3v) is 4.11. The summed E-state index contributed by atoms with van der Waals surface area (Å²) in [5, 5.41) is 5.60. The molecule has 2 amide bonds. The highest BCUT2D eigenvalue weighted by Crippen LogP contribution is 2.19. The Hall–Kier alpha value is -2.73. The molecule has 0 aliphatic rings. The second kappa shape index (κ2) is 9.68. The van der Waals surface area contributed by atoms with E-state index in [-0.39, 0.29) is 30.8 Å². The lowest BCUT2D eigenvalue weighted by molar-refractivity contribution is -0.126. The molecule has 1 atom stereocenters. The Morgan fingerprint density at radius 1 is 1.12 bits per heavy atom. The van der Waals surface area contributed by atoms with Gasteiger partial charge in [-0.1, -0.05) is 43.3 Å². The van der Waals surface area contributed by atoms with Gasteiger partial charge >= 0.3 is 0 Å². The topological polar surface area (TPSA) is 74.3 Å². The van der Waals surface area contributed by atoms with E-state index in [9.17, 15) is 9.59 Å². The second-order valence-electron chi connectivity index (χ2n) is 6.14. The van der Waals surface area contributed by atoms with E-state index in [1.165, 1.54) is 0 Å². The molecule has 1 heterocycles. The predicted molar refractivity (Wildman–Crippen MR) is 103 cm³/mol. The molecule has 0 bridgehead atoms. The minimum absolute atomic E-state index is 0.109. The monoisotopic (exact) mass is 354 g/mol. The summed E-state index contributed by atoms with van der Waals surface area (Å²) in [5.41, 5.74) is 1.77. The van der Waals surface area contributed by atoms with Crippen LogP contribution in [-0.4, -0.2) is 41.8 Å². The van der Waals surface area contributed by atoms with E-state index >= 15 is 0 Å². The van der Waals surface area contributed by atoms with E-state index in [0.29, 0.717) is 5.82 Å². The van der Waals surface area contributed by atoms with Crippen LogP contribution in [-0.2, 0) is 9.59 Å². The average molecular weight is 354 g/mol. The molecule has 6 nitrogen and oxygen atoms in total. The zero-order valence-corrected chi connectivity index (χ0v) is 15.5. The first-order valence-corrected chi connectivity index (χ1v) is 8.77. The Bertz CT molecular complexity index is 734. The number of aryl methyl sites for hydroxylation is 1. The highest BCUT2D eigenvalue weighted by Gasteiger charge is 2.23. The summed E-state index contributed by atoms with van der Waals surface area (Å²) < 4.78 is 0. The standard InChI is InChI=1S/C20H26N4O2/c1-4-24(3)19(16-10-6-5-7-11-16)20(26)21-14-13-18(25)23-17-12-8-9-15(2)22-17/h5-12,19H,4,13-14H2,1-3H3,(H,21,26)(H,22,23,25)/t19-/m1/s1. The summed E-state index contributed by atoms with van der Waals surface area (Å²) in [6.07, 6.45) is 0.193. The molecule has 0 spiro atoms. The molecule has 0 aliphatic carbocycles. The summed E-state index contributed by atoms with van der Waals surface area (Å²) in [7, 11) is 1.91. The molecule has 1 aromatic heterocycles. The van der Waals surface area contributed by atoms with Gasteiger partial charge in [-0.3, -0.25) is 14.5 Å². The van der Waals surface area contributed by atoms with Crippen LogP contribution in [0.4, 0.5) is 5.82 Å². The number of pyridine rings is 1. The normalized spacial score (nSPS) is 11.8. The highest BCUT2D eigenvalue weighted by molar-refractivity contribution is 5.90. The molecular formula is C20H26N4O2. The van der Waals surface area contributed by atoms with Crippen molar-refractivity contribution < 1.29 is 9.59 Å². The van der Waals surface area contributed by atoms with Crippen molar-refractivity contribution in [1.82, 2.24) is 15.2 Å². The summed E-state index contributed by atoms with van der Waals surface area (Å²) in [6.45, 7) is 4.89. The first-order valence-electron chi connectivity index (χ1n) is 8.77. The van der Waals surface area contributed by atoms with Crippen molar-refractivity contribution in [3.63, 3.8) is 0 Å². The number of rotatable bonds is 8. The van der Waals surface area contributed by atoms with Gasteiger partial charge in [0.25, 0.3) is 0 Å². The molecule has 1 aromatic carbocycles. The number of anilines is 1. The van der Waals surface area contributed by atoms with Gasteiger partial charge in [0.15, 0.2) is 0 Å². The molecule has 0 saturated heterocycles. The van der Waals surface area contributed by atoms with Crippen molar-refractivity contribution in [2.45, 2.75) is 26.3 Å². The Labute approximate surface area is 154 Å². The summed E-state index contributed by atoms with van der Waals surface area (Å²) in [6, 6.07) is 14.7. The fourth-order valence-corrected chi connectivity index (χ4v) is 2.64. The van der Waals surface area contributed by atoms with E-state index in [0.717, 1.165) is 17.8 Å². The van der Waals surface area contributed by atoms with Crippen LogP contribution in [0.5, 0.6) is 0 Å². The Morgan fingerprint density at radius 3 is 2.50 bits per heavy atom. The molecule has 0 unspecified atom stereocenters. The maximum absolute atomic E-state index is 12.6. The first kappa shape index (κ1) is 19.6. The summed E-state index contributed by atoms with van der Waals surface area (Å²) in [4.78, 5) is 30.9. The van der Waals surface area contributed by atoms with E-state index in [4.69, 9.17) is 0 Å². The van der Waals surface area contributed by atoms with Crippen LogP contribution >= 0.6 is 0 Å². The lowest BCUT2D eigenvalue weighted by atomic mass is 10.0. The number of nitrogens with zero attached hydrogens (tertiary/aromatic N) is 2. The number of carbonyl (C=O) groups is 2. The lowest BCUT2D eigenvalue weighted by Gasteiger charge is -2.26. The van der Waals surface area contributed by atoms with Crippen LogP contribution in [0.15, 0.2) is 48.5 Å². The molecular weight excluding hydrogens is 328 g/mol. The number of carbonyl (C=O) groups excluding carboxylic acids is 2. The van der Waals surface area contributed by atoms with Gasteiger partial charge in [-0.2, -0.15) is 0 Å². The molecule has 6 heteroatoms. The lowest BCUT2D eigenvalue weighted by Crippen LogP contribution is -2.39. The van der Waals surface area contributed by atoms with Gasteiger partial charge in [0, 0.05) is 18.7 Å². The summed E-state index contributed by atoms with van der Waals surface area (Å²) in [5.74, 6) is 0.236. The maximum Gasteiger partial charge on any atom is 0.241 e. The van der Waals surface area contributed by atoms with Crippen molar-refractivity contribution in [3.05, 3.63) is 59.8 Å². The van der Waals surface area contributed by atoms with Gasteiger partial charge in [0.05, 0.1) is 0 Å². The minimum atomic E-state index is -0.372. The van der Waals surface area contributed by atoms with Gasteiger partial charge in [0.1, 0.15) is 11.9 Å². The van der Waals surface area contributed by atoms with Crippen LogP contribution in [0.2, 0.25) is 0 Å².